The van der Waals surface area contributed by atoms with Gasteiger partial charge in [-0.05, 0) is 36.4 Å². The molecule has 3 rings (SSSR count). The number of carbonyl (C=O) groups is 1. The third-order valence-corrected chi connectivity index (χ3v) is 4.16. The smallest absolute Gasteiger partial charge is 0.287 e. The van der Waals surface area contributed by atoms with Gasteiger partial charge >= 0.3 is 0 Å². The Morgan fingerprint density at radius 2 is 2.08 bits per heavy atom. The number of nitrogens with two attached hydrogens (primary N) is 1. The molecule has 1 amide bonds. The number of carbonyl (C=O) groups excluding carboxylic acids is 1. The van der Waals surface area contributed by atoms with Crippen molar-refractivity contribution < 1.29 is 13.9 Å². The van der Waals surface area contributed by atoms with Crippen LogP contribution in [0.15, 0.2) is 46.2 Å². The number of nitrogens with one attached hydrogen (secondary N) is 1. The number of methoxy groups -OCH3 is 1. The molecule has 2 heterocycles. The number of ether oxygens (including phenoxy) is 1. The molecule has 0 aliphatic carbocycles. The van der Waals surface area contributed by atoms with E-state index in [2.05, 4.69) is 10.3 Å². The van der Waals surface area contributed by atoms with Crippen LogP contribution in [0.25, 0.3) is 11.3 Å². The quantitative estimate of drug-likeness (QED) is 0.718. The highest BCUT2D eigenvalue weighted by atomic mass is 32.1. The molecule has 124 valence electrons. The molecule has 0 aliphatic rings. The molecule has 7 heteroatoms. The lowest BCUT2D eigenvalue weighted by molar-refractivity contribution is 0.0927. The zero-order valence-corrected chi connectivity index (χ0v) is 13.9. The Bertz CT molecular complexity index is 824. The molecule has 0 aliphatic heterocycles. The van der Waals surface area contributed by atoms with E-state index in [9.17, 15) is 4.79 Å². The SMILES string of the molecule is COc1ccc(-c2ccc(C(=O)NCCc3csc(N)n3)o2)cc1. The molecule has 0 radical (unpaired) electrons. The highest BCUT2D eigenvalue weighted by Gasteiger charge is 2.12. The molecule has 0 spiro atoms. The van der Waals surface area contributed by atoms with Gasteiger partial charge in [0.2, 0.25) is 0 Å². The molecule has 6 nitrogen and oxygen atoms in total. The Hall–Kier alpha value is -2.80. The molecule has 3 N–H and O–H groups in total. The number of amides is 1. The van der Waals surface area contributed by atoms with Crippen molar-refractivity contribution in [2.45, 2.75) is 6.42 Å². The molecule has 24 heavy (non-hydrogen) atoms. The molecule has 0 saturated heterocycles. The predicted molar refractivity (Wildman–Crippen MR) is 93.3 cm³/mol. The standard InChI is InChI=1S/C17H17N3O3S/c1-22-13-4-2-11(3-5-13)14-6-7-15(23-14)16(21)19-9-8-12-10-24-17(18)20-12/h2-7,10H,8-9H2,1H3,(H2,18,20)(H,19,21). The Balaban J connectivity index is 1.58. The third-order valence-electron chi connectivity index (χ3n) is 3.44. The van der Waals surface area contributed by atoms with Crippen molar-refractivity contribution in [2.75, 3.05) is 19.4 Å². The zero-order valence-electron chi connectivity index (χ0n) is 13.1. The summed E-state index contributed by atoms with van der Waals surface area (Å²) < 4.78 is 10.7. The van der Waals surface area contributed by atoms with Crippen LogP contribution >= 0.6 is 11.3 Å². The normalized spacial score (nSPS) is 10.5. The fraction of sp³-hybridized carbons (Fsp3) is 0.176. The maximum absolute atomic E-state index is 12.1. The Morgan fingerprint density at radius 3 is 2.75 bits per heavy atom. The number of nitrogen functional groups attached to an aromatic ring is 1. The van der Waals surface area contributed by atoms with Crippen molar-refractivity contribution in [2.24, 2.45) is 0 Å². The van der Waals surface area contributed by atoms with Gasteiger partial charge in [-0.15, -0.1) is 11.3 Å². The van der Waals surface area contributed by atoms with Crippen LogP contribution in [0.5, 0.6) is 5.75 Å². The first kappa shape index (κ1) is 16.1. The van der Waals surface area contributed by atoms with E-state index < -0.39 is 0 Å². The number of benzene rings is 1. The number of nitrogens with zero attached hydrogens (tertiary/aromatic N) is 1. The van der Waals surface area contributed by atoms with E-state index in [1.165, 1.54) is 11.3 Å². The minimum Gasteiger partial charge on any atom is -0.497 e. The van der Waals surface area contributed by atoms with Crippen LogP contribution in [0.1, 0.15) is 16.2 Å². The minimum absolute atomic E-state index is 0.252. The van der Waals surface area contributed by atoms with Gasteiger partial charge in [0.05, 0.1) is 12.8 Å². The summed E-state index contributed by atoms with van der Waals surface area (Å²) in [5.74, 6) is 1.43. The summed E-state index contributed by atoms with van der Waals surface area (Å²) in [6.45, 7) is 0.473. The molecular formula is C17H17N3O3S. The second-order valence-electron chi connectivity index (χ2n) is 5.08. The second kappa shape index (κ2) is 7.18. The average molecular weight is 343 g/mol. The highest BCUT2D eigenvalue weighted by Crippen LogP contribution is 2.24. The van der Waals surface area contributed by atoms with Gasteiger partial charge in [-0.25, -0.2) is 4.98 Å². The Kier molecular flexibility index (Phi) is 4.81. The largest absolute Gasteiger partial charge is 0.497 e. The molecule has 0 atom stereocenters. The summed E-state index contributed by atoms with van der Waals surface area (Å²) in [4.78, 5) is 16.3. The number of hydrogen-bond acceptors (Lipinski definition) is 6. The maximum atomic E-state index is 12.1. The van der Waals surface area contributed by atoms with Crippen LogP contribution in [-0.4, -0.2) is 24.5 Å². The zero-order chi connectivity index (χ0) is 16.9. The fourth-order valence-corrected chi connectivity index (χ4v) is 2.80. The Morgan fingerprint density at radius 1 is 1.29 bits per heavy atom. The van der Waals surface area contributed by atoms with Crippen LogP contribution in [0.3, 0.4) is 0 Å². The summed E-state index contributed by atoms with van der Waals surface area (Å²) in [6.07, 6.45) is 0.630. The molecule has 0 saturated carbocycles. The van der Waals surface area contributed by atoms with Crippen LogP contribution in [0, 0.1) is 0 Å². The third kappa shape index (κ3) is 3.75. The number of rotatable bonds is 6. The van der Waals surface area contributed by atoms with E-state index in [1.807, 2.05) is 29.6 Å². The summed E-state index contributed by atoms with van der Waals surface area (Å²) in [5, 5.41) is 5.23. The number of anilines is 1. The van der Waals surface area contributed by atoms with Crippen molar-refractivity contribution in [3.63, 3.8) is 0 Å². The molecule has 0 fully saturated rings. The van der Waals surface area contributed by atoms with E-state index in [0.29, 0.717) is 23.9 Å². The number of aromatic nitrogens is 1. The minimum atomic E-state index is -0.252. The van der Waals surface area contributed by atoms with E-state index in [4.69, 9.17) is 14.9 Å². The van der Waals surface area contributed by atoms with E-state index in [0.717, 1.165) is 17.0 Å². The van der Waals surface area contributed by atoms with Gasteiger partial charge < -0.3 is 20.2 Å². The van der Waals surface area contributed by atoms with E-state index in [1.54, 1.807) is 19.2 Å². The van der Waals surface area contributed by atoms with Crippen LogP contribution in [0.2, 0.25) is 0 Å². The lowest BCUT2D eigenvalue weighted by atomic mass is 10.2. The van der Waals surface area contributed by atoms with E-state index in [-0.39, 0.29) is 11.7 Å². The first-order chi connectivity index (χ1) is 11.7. The van der Waals surface area contributed by atoms with Gasteiger partial charge in [0.1, 0.15) is 11.5 Å². The van der Waals surface area contributed by atoms with Gasteiger partial charge in [-0.1, -0.05) is 0 Å². The van der Waals surface area contributed by atoms with Gasteiger partial charge in [0.25, 0.3) is 5.91 Å². The molecule has 0 unspecified atom stereocenters. The van der Waals surface area contributed by atoms with Crippen molar-refractivity contribution in [3.8, 4) is 17.1 Å². The van der Waals surface area contributed by atoms with Gasteiger partial charge in [0, 0.05) is 23.9 Å². The van der Waals surface area contributed by atoms with Crippen molar-refractivity contribution in [1.29, 1.82) is 0 Å². The average Bonchev–Trinajstić information content (AvgIpc) is 3.24. The second-order valence-corrected chi connectivity index (χ2v) is 5.97. The van der Waals surface area contributed by atoms with E-state index >= 15 is 0 Å². The van der Waals surface area contributed by atoms with Gasteiger partial charge in [-0.3, -0.25) is 4.79 Å². The number of thiazole rings is 1. The van der Waals surface area contributed by atoms with Crippen molar-refractivity contribution in [1.82, 2.24) is 10.3 Å². The number of furan rings is 1. The maximum Gasteiger partial charge on any atom is 0.287 e. The molecule has 3 aromatic rings. The highest BCUT2D eigenvalue weighted by molar-refractivity contribution is 7.13. The summed E-state index contributed by atoms with van der Waals surface area (Å²) in [5.41, 5.74) is 7.33. The van der Waals surface area contributed by atoms with Crippen LogP contribution in [-0.2, 0) is 6.42 Å². The fourth-order valence-electron chi connectivity index (χ4n) is 2.20. The van der Waals surface area contributed by atoms with Crippen molar-refractivity contribution in [3.05, 3.63) is 53.2 Å². The van der Waals surface area contributed by atoms with Gasteiger partial charge in [0.15, 0.2) is 10.9 Å². The molecule has 1 aromatic carbocycles. The van der Waals surface area contributed by atoms with Crippen molar-refractivity contribution >= 4 is 22.4 Å². The summed E-state index contributed by atoms with van der Waals surface area (Å²) in [7, 11) is 1.62. The first-order valence-electron chi connectivity index (χ1n) is 7.38. The molecular weight excluding hydrogens is 326 g/mol. The lowest BCUT2D eigenvalue weighted by Gasteiger charge is -2.02. The topological polar surface area (TPSA) is 90.4 Å². The predicted octanol–water partition coefficient (Wildman–Crippen LogP) is 2.97. The summed E-state index contributed by atoms with van der Waals surface area (Å²) in [6, 6.07) is 10.9. The van der Waals surface area contributed by atoms with Crippen LogP contribution in [0.4, 0.5) is 5.13 Å². The summed E-state index contributed by atoms with van der Waals surface area (Å²) >= 11 is 1.39. The molecule has 2 aromatic heterocycles. The monoisotopic (exact) mass is 343 g/mol. The van der Waals surface area contributed by atoms with Gasteiger partial charge in [-0.2, -0.15) is 0 Å². The van der Waals surface area contributed by atoms with Crippen LogP contribution < -0.4 is 15.8 Å². The lowest BCUT2D eigenvalue weighted by Crippen LogP contribution is -2.25. The Labute approximate surface area is 143 Å². The number of hydrogen-bond donors (Lipinski definition) is 2. The molecule has 0 bridgehead atoms. The first-order valence-corrected chi connectivity index (χ1v) is 8.26.